The Bertz CT molecular complexity index is 723. The molecule has 6 nitrogen and oxygen atoms in total. The molecule has 1 N–H and O–H groups in total. The molecular weight excluding hydrogens is 324 g/mol. The van der Waals surface area contributed by atoms with Crippen LogP contribution in [-0.2, 0) is 14.8 Å². The summed E-state index contributed by atoms with van der Waals surface area (Å²) in [6, 6.07) is 9.60. The Labute approximate surface area is 133 Å². The first-order valence-corrected chi connectivity index (χ1v) is 8.74. The van der Waals surface area contributed by atoms with Crippen LogP contribution in [0.4, 0.5) is 5.69 Å². The number of amides is 1. The highest BCUT2D eigenvalue weighted by Gasteiger charge is 2.15. The zero-order valence-corrected chi connectivity index (χ0v) is 13.8. The minimum absolute atomic E-state index is 0.0622. The van der Waals surface area contributed by atoms with E-state index in [0.717, 1.165) is 11.3 Å². The molecule has 2 rings (SSSR count). The molecule has 0 aliphatic heterocycles. The van der Waals surface area contributed by atoms with Gasteiger partial charge in [0.2, 0.25) is 0 Å². The lowest BCUT2D eigenvalue weighted by Crippen LogP contribution is -2.27. The molecule has 0 atom stereocenters. The second-order valence-electron chi connectivity index (χ2n) is 4.64. The van der Waals surface area contributed by atoms with E-state index < -0.39 is 10.0 Å². The lowest BCUT2D eigenvalue weighted by molar-refractivity contribution is -0.130. The molecule has 22 heavy (non-hydrogen) atoms. The fraction of sp³-hybridized carbons (Fsp3) is 0.214. The van der Waals surface area contributed by atoms with Crippen LogP contribution in [0.15, 0.2) is 46.0 Å². The summed E-state index contributed by atoms with van der Waals surface area (Å²) in [5.41, 5.74) is 0.430. The Balaban J connectivity index is 1.99. The van der Waals surface area contributed by atoms with Gasteiger partial charge in [-0.1, -0.05) is 6.07 Å². The summed E-state index contributed by atoms with van der Waals surface area (Å²) in [6.45, 7) is -0.0622. The number of thiophene rings is 1. The number of likely N-dealkylation sites (N-methyl/N-ethyl adjacent to an activating group) is 1. The summed E-state index contributed by atoms with van der Waals surface area (Å²) < 4.78 is 32.2. The lowest BCUT2D eigenvalue weighted by Gasteiger charge is -2.12. The van der Waals surface area contributed by atoms with Crippen molar-refractivity contribution < 1.29 is 17.9 Å². The summed E-state index contributed by atoms with van der Waals surface area (Å²) in [5.74, 6) is 0.344. The first-order chi connectivity index (χ1) is 10.4. The number of anilines is 1. The summed E-state index contributed by atoms with van der Waals surface area (Å²) in [6.07, 6.45) is 0. The number of hydrogen-bond donors (Lipinski definition) is 1. The largest absolute Gasteiger partial charge is 0.484 e. The van der Waals surface area contributed by atoms with E-state index in [-0.39, 0.29) is 16.7 Å². The van der Waals surface area contributed by atoms with Crippen molar-refractivity contribution in [3.05, 3.63) is 41.8 Å². The SMILES string of the molecule is CN(C)C(=O)COc1ccc(NS(=O)(=O)c2cccs2)cc1. The number of carbonyl (C=O) groups is 1. The van der Waals surface area contributed by atoms with Crippen molar-refractivity contribution in [1.82, 2.24) is 4.90 Å². The Kier molecular flexibility index (Phi) is 5.04. The molecule has 0 saturated carbocycles. The van der Waals surface area contributed by atoms with E-state index in [9.17, 15) is 13.2 Å². The van der Waals surface area contributed by atoms with Gasteiger partial charge in [-0.3, -0.25) is 9.52 Å². The van der Waals surface area contributed by atoms with Crippen LogP contribution < -0.4 is 9.46 Å². The molecule has 0 unspecified atom stereocenters. The van der Waals surface area contributed by atoms with Crippen LogP contribution >= 0.6 is 11.3 Å². The maximum atomic E-state index is 12.1. The van der Waals surface area contributed by atoms with Gasteiger partial charge < -0.3 is 9.64 Å². The van der Waals surface area contributed by atoms with Gasteiger partial charge in [0.05, 0.1) is 0 Å². The first kappa shape index (κ1) is 16.3. The maximum absolute atomic E-state index is 12.1. The zero-order valence-electron chi connectivity index (χ0n) is 12.1. The second kappa shape index (κ2) is 6.80. The number of rotatable bonds is 6. The molecule has 1 aromatic carbocycles. The summed E-state index contributed by atoms with van der Waals surface area (Å²) in [5, 5.41) is 1.70. The van der Waals surface area contributed by atoms with Crippen molar-refractivity contribution in [3.63, 3.8) is 0 Å². The highest BCUT2D eigenvalue weighted by Crippen LogP contribution is 2.22. The van der Waals surface area contributed by atoms with Gasteiger partial charge in [0.15, 0.2) is 6.61 Å². The number of nitrogens with one attached hydrogen (secondary N) is 1. The predicted octanol–water partition coefficient (Wildman–Crippen LogP) is 2.02. The van der Waals surface area contributed by atoms with Crippen LogP contribution in [0.2, 0.25) is 0 Å². The molecule has 0 aliphatic carbocycles. The quantitative estimate of drug-likeness (QED) is 0.873. The van der Waals surface area contributed by atoms with Crippen molar-refractivity contribution in [1.29, 1.82) is 0 Å². The molecule has 1 amide bonds. The molecule has 0 aliphatic rings. The normalized spacial score (nSPS) is 11.0. The van der Waals surface area contributed by atoms with Gasteiger partial charge in [-0.2, -0.15) is 0 Å². The number of hydrogen-bond acceptors (Lipinski definition) is 5. The predicted molar refractivity (Wildman–Crippen MR) is 85.8 cm³/mol. The Hall–Kier alpha value is -2.06. The summed E-state index contributed by atoms with van der Waals surface area (Å²) in [7, 11) is -0.259. The van der Waals surface area contributed by atoms with E-state index in [1.165, 1.54) is 11.0 Å². The Morgan fingerprint density at radius 1 is 1.23 bits per heavy atom. The van der Waals surface area contributed by atoms with Crippen molar-refractivity contribution in [2.24, 2.45) is 0 Å². The van der Waals surface area contributed by atoms with Crippen molar-refractivity contribution in [2.45, 2.75) is 4.21 Å². The van der Waals surface area contributed by atoms with Crippen molar-refractivity contribution in [2.75, 3.05) is 25.4 Å². The molecule has 0 bridgehead atoms. The fourth-order valence-corrected chi connectivity index (χ4v) is 3.57. The Morgan fingerprint density at radius 3 is 2.45 bits per heavy atom. The third-order valence-corrected chi connectivity index (χ3v) is 5.51. The molecule has 1 heterocycles. The number of sulfonamides is 1. The minimum atomic E-state index is -3.55. The number of ether oxygens (including phenoxy) is 1. The number of carbonyl (C=O) groups excluding carboxylic acids is 1. The van der Waals surface area contributed by atoms with Crippen LogP contribution in [0.1, 0.15) is 0 Å². The standard InChI is InChI=1S/C14H16N2O4S2/c1-16(2)13(17)10-20-12-7-5-11(6-8-12)15-22(18,19)14-4-3-9-21-14/h3-9,15H,10H2,1-2H3. The topological polar surface area (TPSA) is 75.7 Å². The molecule has 0 spiro atoms. The van der Waals surface area contributed by atoms with Crippen molar-refractivity contribution >= 4 is 33.0 Å². The van der Waals surface area contributed by atoms with Gasteiger partial charge in [0.25, 0.3) is 15.9 Å². The van der Waals surface area contributed by atoms with E-state index in [4.69, 9.17) is 4.74 Å². The van der Waals surface area contributed by atoms with Crippen LogP contribution in [0.5, 0.6) is 5.75 Å². The van der Waals surface area contributed by atoms with Crippen LogP contribution in [0.3, 0.4) is 0 Å². The highest BCUT2D eigenvalue weighted by atomic mass is 32.2. The van der Waals surface area contributed by atoms with Crippen LogP contribution in [0, 0.1) is 0 Å². The molecule has 118 valence electrons. The van der Waals surface area contributed by atoms with Gasteiger partial charge in [0, 0.05) is 19.8 Å². The summed E-state index contributed by atoms with van der Waals surface area (Å²) >= 11 is 1.15. The van der Waals surface area contributed by atoms with Crippen LogP contribution in [-0.4, -0.2) is 39.9 Å². The first-order valence-electron chi connectivity index (χ1n) is 6.38. The number of benzene rings is 1. The molecule has 2 aromatic rings. The van der Waals surface area contributed by atoms with Crippen LogP contribution in [0.25, 0.3) is 0 Å². The monoisotopic (exact) mass is 340 g/mol. The van der Waals surface area contributed by atoms with E-state index >= 15 is 0 Å². The van der Waals surface area contributed by atoms with Gasteiger partial charge in [0.1, 0.15) is 9.96 Å². The second-order valence-corrected chi connectivity index (χ2v) is 7.50. The van der Waals surface area contributed by atoms with Crippen molar-refractivity contribution in [3.8, 4) is 5.75 Å². The van der Waals surface area contributed by atoms with E-state index in [1.807, 2.05) is 0 Å². The molecular formula is C14H16N2O4S2. The zero-order chi connectivity index (χ0) is 16.2. The molecule has 8 heteroatoms. The molecule has 0 fully saturated rings. The Morgan fingerprint density at radius 2 is 1.91 bits per heavy atom. The molecule has 0 saturated heterocycles. The minimum Gasteiger partial charge on any atom is -0.484 e. The fourth-order valence-electron chi connectivity index (χ4n) is 1.52. The van der Waals surface area contributed by atoms with Gasteiger partial charge in [-0.15, -0.1) is 11.3 Å². The van der Waals surface area contributed by atoms with Gasteiger partial charge >= 0.3 is 0 Å². The smallest absolute Gasteiger partial charge is 0.271 e. The van der Waals surface area contributed by atoms with Gasteiger partial charge in [-0.25, -0.2) is 8.42 Å². The van der Waals surface area contributed by atoms with Gasteiger partial charge in [-0.05, 0) is 35.7 Å². The highest BCUT2D eigenvalue weighted by molar-refractivity contribution is 7.94. The third kappa shape index (κ3) is 4.22. The van der Waals surface area contributed by atoms with E-state index in [0.29, 0.717) is 11.4 Å². The number of nitrogens with zero attached hydrogens (tertiary/aromatic N) is 1. The maximum Gasteiger partial charge on any atom is 0.271 e. The average molecular weight is 340 g/mol. The molecule has 1 aromatic heterocycles. The average Bonchev–Trinajstić information content (AvgIpc) is 3.01. The third-order valence-electron chi connectivity index (χ3n) is 2.73. The molecule has 0 radical (unpaired) electrons. The van der Waals surface area contributed by atoms with E-state index in [2.05, 4.69) is 4.72 Å². The summed E-state index contributed by atoms with van der Waals surface area (Å²) in [4.78, 5) is 12.8. The lowest BCUT2D eigenvalue weighted by atomic mass is 10.3. The van der Waals surface area contributed by atoms with E-state index in [1.54, 1.807) is 49.8 Å².